The highest BCUT2D eigenvalue weighted by Crippen LogP contribution is 2.30. The molecule has 0 bridgehead atoms. The summed E-state index contributed by atoms with van der Waals surface area (Å²) in [7, 11) is 0. The van der Waals surface area contributed by atoms with Gasteiger partial charge in [-0.3, -0.25) is 14.2 Å². The van der Waals surface area contributed by atoms with Gasteiger partial charge in [0, 0.05) is 50.8 Å². The Morgan fingerprint density at radius 1 is 1.23 bits per heavy atom. The van der Waals surface area contributed by atoms with Crippen molar-refractivity contribution in [2.24, 2.45) is 0 Å². The second-order valence-corrected chi connectivity index (χ2v) is 7.08. The van der Waals surface area contributed by atoms with Gasteiger partial charge >= 0.3 is 5.97 Å². The molecule has 0 unspecified atom stereocenters. The second-order valence-electron chi connectivity index (χ2n) is 7.08. The van der Waals surface area contributed by atoms with Crippen molar-refractivity contribution in [3.8, 4) is 0 Å². The first-order chi connectivity index (χ1) is 12.3. The van der Waals surface area contributed by atoms with Crippen molar-refractivity contribution in [1.82, 2.24) is 24.5 Å². The van der Waals surface area contributed by atoms with Crippen LogP contribution in [-0.2, 0) is 21.7 Å². The van der Waals surface area contributed by atoms with Crippen LogP contribution >= 0.6 is 0 Å². The summed E-state index contributed by atoms with van der Waals surface area (Å²) in [5.41, 5.74) is 1.83. The zero-order valence-electron chi connectivity index (χ0n) is 15.5. The number of amides is 1. The number of piperidine rings is 1. The molecule has 0 spiro atoms. The van der Waals surface area contributed by atoms with Crippen LogP contribution in [0.4, 0.5) is 0 Å². The molecular weight excluding hydrogens is 334 g/mol. The van der Waals surface area contributed by atoms with Gasteiger partial charge in [-0.25, -0.2) is 4.79 Å². The van der Waals surface area contributed by atoms with Gasteiger partial charge in [0.2, 0.25) is 5.91 Å². The average Bonchev–Trinajstić information content (AvgIpc) is 3.17. The van der Waals surface area contributed by atoms with Gasteiger partial charge in [-0.15, -0.1) is 0 Å². The zero-order chi connectivity index (χ0) is 18.9. The predicted octanol–water partition coefficient (Wildman–Crippen LogP) is 1.50. The molecule has 1 aliphatic rings. The minimum absolute atomic E-state index is 0.0354. The SMILES string of the molecule is Cc1cnn(C2(C(=O)O)CCN(C(=O)CCn3nc(C)cc3C)CC2)c1. The van der Waals surface area contributed by atoms with Crippen LogP contribution < -0.4 is 0 Å². The van der Waals surface area contributed by atoms with Gasteiger partial charge in [0.1, 0.15) is 0 Å². The van der Waals surface area contributed by atoms with Crippen LogP contribution in [-0.4, -0.2) is 54.5 Å². The summed E-state index contributed by atoms with van der Waals surface area (Å²) in [4.78, 5) is 26.2. The van der Waals surface area contributed by atoms with Gasteiger partial charge in [-0.05, 0) is 32.4 Å². The Kier molecular flexibility index (Phi) is 4.84. The quantitative estimate of drug-likeness (QED) is 0.873. The van der Waals surface area contributed by atoms with Crippen LogP contribution in [0.2, 0.25) is 0 Å². The number of nitrogens with zero attached hydrogens (tertiary/aromatic N) is 5. The Bertz CT molecular complexity index is 815. The minimum atomic E-state index is -1.07. The topological polar surface area (TPSA) is 93.3 Å². The summed E-state index contributed by atoms with van der Waals surface area (Å²) in [5, 5.41) is 18.4. The molecule has 1 fully saturated rings. The summed E-state index contributed by atoms with van der Waals surface area (Å²) in [6.07, 6.45) is 4.50. The van der Waals surface area contributed by atoms with Crippen molar-refractivity contribution in [1.29, 1.82) is 0 Å². The van der Waals surface area contributed by atoms with E-state index in [2.05, 4.69) is 10.2 Å². The maximum Gasteiger partial charge on any atom is 0.331 e. The molecule has 26 heavy (non-hydrogen) atoms. The first kappa shape index (κ1) is 18.2. The van der Waals surface area contributed by atoms with E-state index < -0.39 is 11.5 Å². The fourth-order valence-electron chi connectivity index (χ4n) is 3.57. The molecule has 3 rings (SSSR count). The third-order valence-electron chi connectivity index (χ3n) is 5.13. The lowest BCUT2D eigenvalue weighted by Crippen LogP contribution is -2.52. The summed E-state index contributed by atoms with van der Waals surface area (Å²) < 4.78 is 3.38. The Morgan fingerprint density at radius 2 is 1.92 bits per heavy atom. The number of carboxylic acids is 1. The number of carbonyl (C=O) groups excluding carboxylic acids is 1. The molecule has 8 heteroatoms. The largest absolute Gasteiger partial charge is 0.479 e. The van der Waals surface area contributed by atoms with Crippen LogP contribution in [0.25, 0.3) is 0 Å². The third kappa shape index (κ3) is 3.36. The smallest absolute Gasteiger partial charge is 0.331 e. The van der Waals surface area contributed by atoms with Crippen molar-refractivity contribution < 1.29 is 14.7 Å². The number of hydrogen-bond donors (Lipinski definition) is 1. The monoisotopic (exact) mass is 359 g/mol. The summed E-state index contributed by atoms with van der Waals surface area (Å²) >= 11 is 0. The molecule has 8 nitrogen and oxygen atoms in total. The summed E-state index contributed by atoms with van der Waals surface area (Å²) in [5.74, 6) is -0.858. The molecule has 1 N–H and O–H groups in total. The number of carboxylic acid groups (broad SMARTS) is 1. The van der Waals surface area contributed by atoms with E-state index in [0.717, 1.165) is 17.0 Å². The van der Waals surface area contributed by atoms with Crippen LogP contribution in [0.1, 0.15) is 36.2 Å². The standard InChI is InChI=1S/C18H25N5O3/c1-13-11-19-23(12-13)18(17(25)26)5-8-21(9-6-18)16(24)4-7-22-15(3)10-14(2)20-22/h10-12H,4-9H2,1-3H3,(H,25,26). The Morgan fingerprint density at radius 3 is 2.42 bits per heavy atom. The molecule has 2 aromatic rings. The molecule has 0 aromatic carbocycles. The maximum absolute atomic E-state index is 12.5. The minimum Gasteiger partial charge on any atom is -0.479 e. The molecule has 0 atom stereocenters. The lowest BCUT2D eigenvalue weighted by atomic mass is 9.87. The number of likely N-dealkylation sites (tertiary alicyclic amines) is 1. The lowest BCUT2D eigenvalue weighted by molar-refractivity contribution is -0.153. The molecular formula is C18H25N5O3. The van der Waals surface area contributed by atoms with Crippen molar-refractivity contribution in [2.75, 3.05) is 13.1 Å². The first-order valence-electron chi connectivity index (χ1n) is 8.86. The van der Waals surface area contributed by atoms with Gasteiger partial charge in [0.15, 0.2) is 5.54 Å². The van der Waals surface area contributed by atoms with Gasteiger partial charge in [0.05, 0.1) is 11.9 Å². The highest BCUT2D eigenvalue weighted by Gasteiger charge is 2.44. The van der Waals surface area contributed by atoms with Gasteiger partial charge in [-0.2, -0.15) is 10.2 Å². The summed E-state index contributed by atoms with van der Waals surface area (Å²) in [6.45, 7) is 7.16. The van der Waals surface area contributed by atoms with Crippen molar-refractivity contribution in [3.05, 3.63) is 35.4 Å². The fourth-order valence-corrected chi connectivity index (χ4v) is 3.57. The molecule has 140 valence electrons. The highest BCUT2D eigenvalue weighted by molar-refractivity contribution is 5.79. The molecule has 2 aromatic heterocycles. The van der Waals surface area contributed by atoms with E-state index in [4.69, 9.17) is 0 Å². The second kappa shape index (κ2) is 6.93. The van der Waals surface area contributed by atoms with E-state index in [1.54, 1.807) is 22.0 Å². The fraction of sp³-hybridized carbons (Fsp3) is 0.556. The first-order valence-corrected chi connectivity index (χ1v) is 8.86. The number of carbonyl (C=O) groups is 2. The highest BCUT2D eigenvalue weighted by atomic mass is 16.4. The van der Waals surface area contributed by atoms with Crippen molar-refractivity contribution in [2.45, 2.75) is 52.1 Å². The normalized spacial score (nSPS) is 16.7. The van der Waals surface area contributed by atoms with E-state index >= 15 is 0 Å². The molecule has 1 saturated heterocycles. The molecule has 3 heterocycles. The Balaban J connectivity index is 1.62. The Labute approximate surface area is 152 Å². The van der Waals surface area contributed by atoms with E-state index in [1.807, 2.05) is 31.5 Å². The van der Waals surface area contributed by atoms with Gasteiger partial charge in [0.25, 0.3) is 0 Å². The van der Waals surface area contributed by atoms with E-state index in [1.165, 1.54) is 0 Å². The molecule has 0 radical (unpaired) electrons. The Hall–Kier alpha value is -2.64. The van der Waals surface area contributed by atoms with Crippen molar-refractivity contribution >= 4 is 11.9 Å². The zero-order valence-corrected chi connectivity index (χ0v) is 15.5. The molecule has 0 saturated carbocycles. The van der Waals surface area contributed by atoms with Gasteiger partial charge < -0.3 is 10.0 Å². The molecule has 0 aliphatic carbocycles. The molecule has 1 aliphatic heterocycles. The number of rotatable bonds is 5. The number of aromatic nitrogens is 4. The van der Waals surface area contributed by atoms with Crippen molar-refractivity contribution in [3.63, 3.8) is 0 Å². The van der Waals surface area contributed by atoms with E-state index in [9.17, 15) is 14.7 Å². The number of hydrogen-bond acceptors (Lipinski definition) is 4. The van der Waals surface area contributed by atoms with Crippen LogP contribution in [0.3, 0.4) is 0 Å². The van der Waals surface area contributed by atoms with E-state index in [0.29, 0.717) is 38.9 Å². The summed E-state index contributed by atoms with van der Waals surface area (Å²) in [6, 6.07) is 1.98. The maximum atomic E-state index is 12.5. The van der Waals surface area contributed by atoms with Gasteiger partial charge in [-0.1, -0.05) is 0 Å². The third-order valence-corrected chi connectivity index (χ3v) is 5.13. The van der Waals surface area contributed by atoms with Crippen LogP contribution in [0, 0.1) is 20.8 Å². The number of aliphatic carboxylic acids is 1. The lowest BCUT2D eigenvalue weighted by Gasteiger charge is -2.39. The van der Waals surface area contributed by atoms with Crippen LogP contribution in [0.15, 0.2) is 18.5 Å². The average molecular weight is 359 g/mol. The number of aryl methyl sites for hydroxylation is 4. The van der Waals surface area contributed by atoms with Crippen LogP contribution in [0.5, 0.6) is 0 Å². The molecule has 1 amide bonds. The predicted molar refractivity (Wildman–Crippen MR) is 94.7 cm³/mol. The van der Waals surface area contributed by atoms with E-state index in [-0.39, 0.29) is 5.91 Å².